The Kier molecular flexibility index (Phi) is 5.31. The van der Waals surface area contributed by atoms with Crippen LogP contribution in [0, 0.1) is 6.92 Å². The molecule has 0 bridgehead atoms. The highest BCUT2D eigenvalue weighted by molar-refractivity contribution is 5.98. The zero-order valence-corrected chi connectivity index (χ0v) is 16.9. The van der Waals surface area contributed by atoms with E-state index in [2.05, 4.69) is 15.2 Å². The van der Waals surface area contributed by atoms with E-state index < -0.39 is 11.9 Å². The number of hydrogen-bond donors (Lipinski definition) is 0. The van der Waals surface area contributed by atoms with E-state index in [1.165, 1.54) is 12.3 Å². The fraction of sp³-hybridized carbons (Fsp3) is 0.217. The zero-order chi connectivity index (χ0) is 22.2. The predicted molar refractivity (Wildman–Crippen MR) is 110 cm³/mol. The van der Waals surface area contributed by atoms with Crippen LogP contribution in [0.25, 0.3) is 16.9 Å². The monoisotopic (exact) mass is 424 g/mol. The number of hydrogen-bond acceptors (Lipinski definition) is 4. The second kappa shape index (κ2) is 7.94. The average Bonchev–Trinajstić information content (AvgIpc) is 3.22. The number of carbonyl (C=O) groups excluding carboxylic acids is 1. The molecule has 31 heavy (non-hydrogen) atoms. The van der Waals surface area contributed by atoms with E-state index in [0.29, 0.717) is 16.8 Å². The molecule has 1 aromatic carbocycles. The Morgan fingerprint density at radius 1 is 1.10 bits per heavy atom. The molecule has 0 aliphatic heterocycles. The van der Waals surface area contributed by atoms with Gasteiger partial charge in [-0.05, 0) is 42.2 Å². The normalized spacial score (nSPS) is 12.8. The van der Waals surface area contributed by atoms with Crippen molar-refractivity contribution in [1.82, 2.24) is 19.6 Å². The standard InChI is InChI=1S/C23H19F3N4O/c1-14-3-5-16(6-4-14)19-10-18(11-22-29-28-13-30(19)22)20(31)9-15(2)17-7-8-21(27-12-17)23(24,25)26/h3-8,10-13,15H,9H2,1-2H3/t15-/m0/s1. The van der Waals surface area contributed by atoms with Crippen molar-refractivity contribution in [3.05, 3.63) is 83.4 Å². The van der Waals surface area contributed by atoms with Crippen LogP contribution in [-0.4, -0.2) is 25.4 Å². The molecule has 0 aliphatic carbocycles. The number of aromatic nitrogens is 4. The predicted octanol–water partition coefficient (Wildman–Crippen LogP) is 5.50. The minimum atomic E-state index is -4.49. The van der Waals surface area contributed by atoms with Gasteiger partial charge in [0.05, 0.1) is 5.69 Å². The van der Waals surface area contributed by atoms with Crippen molar-refractivity contribution in [3.8, 4) is 11.3 Å². The molecule has 0 fully saturated rings. The Morgan fingerprint density at radius 3 is 2.48 bits per heavy atom. The first-order valence-electron chi connectivity index (χ1n) is 9.69. The van der Waals surface area contributed by atoms with E-state index in [9.17, 15) is 18.0 Å². The number of ketones is 1. The first kappa shape index (κ1) is 20.7. The zero-order valence-electron chi connectivity index (χ0n) is 16.9. The summed E-state index contributed by atoms with van der Waals surface area (Å²) in [6.07, 6.45) is -1.59. The van der Waals surface area contributed by atoms with Gasteiger partial charge < -0.3 is 0 Å². The molecule has 0 saturated heterocycles. The first-order valence-corrected chi connectivity index (χ1v) is 9.69. The van der Waals surface area contributed by atoms with Gasteiger partial charge in [0, 0.05) is 18.2 Å². The van der Waals surface area contributed by atoms with Crippen molar-refractivity contribution in [1.29, 1.82) is 0 Å². The van der Waals surface area contributed by atoms with Crippen LogP contribution in [-0.2, 0) is 6.18 Å². The van der Waals surface area contributed by atoms with Crippen molar-refractivity contribution in [3.63, 3.8) is 0 Å². The van der Waals surface area contributed by atoms with E-state index in [1.807, 2.05) is 35.6 Å². The number of aryl methyl sites for hydroxylation is 1. The van der Waals surface area contributed by atoms with E-state index in [0.717, 1.165) is 22.9 Å². The number of carbonyl (C=O) groups is 1. The summed E-state index contributed by atoms with van der Waals surface area (Å²) in [5.41, 5.74) is 3.47. The van der Waals surface area contributed by atoms with Gasteiger partial charge in [-0.2, -0.15) is 13.2 Å². The molecule has 4 aromatic rings. The maximum absolute atomic E-state index is 13.0. The molecule has 0 spiro atoms. The van der Waals surface area contributed by atoms with Crippen LogP contribution in [0.15, 0.2) is 61.1 Å². The summed E-state index contributed by atoms with van der Waals surface area (Å²) in [5.74, 6) is -0.425. The van der Waals surface area contributed by atoms with Gasteiger partial charge in [0.25, 0.3) is 0 Å². The van der Waals surface area contributed by atoms with Crippen molar-refractivity contribution in [2.45, 2.75) is 32.4 Å². The average molecular weight is 424 g/mol. The second-order valence-electron chi connectivity index (χ2n) is 7.56. The first-order chi connectivity index (χ1) is 14.7. The molecule has 0 radical (unpaired) electrons. The molecular formula is C23H19F3N4O. The molecule has 158 valence electrons. The van der Waals surface area contributed by atoms with Crippen molar-refractivity contribution >= 4 is 11.4 Å². The van der Waals surface area contributed by atoms with Crippen LogP contribution in [0.4, 0.5) is 13.2 Å². The fourth-order valence-electron chi connectivity index (χ4n) is 3.41. The third-order valence-corrected chi connectivity index (χ3v) is 5.22. The van der Waals surface area contributed by atoms with Gasteiger partial charge in [-0.3, -0.25) is 14.2 Å². The Balaban J connectivity index is 1.61. The fourth-order valence-corrected chi connectivity index (χ4v) is 3.41. The molecule has 0 unspecified atom stereocenters. The summed E-state index contributed by atoms with van der Waals surface area (Å²) in [6.45, 7) is 3.79. The minimum Gasteiger partial charge on any atom is -0.294 e. The largest absolute Gasteiger partial charge is 0.433 e. The molecule has 5 nitrogen and oxygen atoms in total. The number of nitrogens with zero attached hydrogens (tertiary/aromatic N) is 4. The number of rotatable bonds is 5. The highest BCUT2D eigenvalue weighted by atomic mass is 19.4. The summed E-state index contributed by atoms with van der Waals surface area (Å²) in [4.78, 5) is 16.5. The van der Waals surface area contributed by atoms with Crippen LogP contribution < -0.4 is 0 Å². The number of benzene rings is 1. The summed E-state index contributed by atoms with van der Waals surface area (Å²) in [7, 11) is 0. The van der Waals surface area contributed by atoms with Gasteiger partial charge in [-0.15, -0.1) is 10.2 Å². The van der Waals surface area contributed by atoms with Gasteiger partial charge in [-0.25, -0.2) is 0 Å². The molecule has 3 aromatic heterocycles. The van der Waals surface area contributed by atoms with E-state index in [1.54, 1.807) is 25.4 Å². The molecule has 1 atom stereocenters. The minimum absolute atomic E-state index is 0.130. The van der Waals surface area contributed by atoms with E-state index in [4.69, 9.17) is 0 Å². The van der Waals surface area contributed by atoms with E-state index in [-0.39, 0.29) is 18.1 Å². The smallest absolute Gasteiger partial charge is 0.294 e. The van der Waals surface area contributed by atoms with Gasteiger partial charge in [0.2, 0.25) is 0 Å². The van der Waals surface area contributed by atoms with Crippen LogP contribution in [0.2, 0.25) is 0 Å². The van der Waals surface area contributed by atoms with Crippen molar-refractivity contribution < 1.29 is 18.0 Å². The van der Waals surface area contributed by atoms with Crippen LogP contribution >= 0.6 is 0 Å². The third kappa shape index (κ3) is 4.33. The topological polar surface area (TPSA) is 60.2 Å². The van der Waals surface area contributed by atoms with Crippen LogP contribution in [0.5, 0.6) is 0 Å². The maximum Gasteiger partial charge on any atom is 0.433 e. The molecule has 0 saturated carbocycles. The Bertz CT molecular complexity index is 1230. The Labute approximate surface area is 176 Å². The quantitative estimate of drug-likeness (QED) is 0.397. The lowest BCUT2D eigenvalue weighted by molar-refractivity contribution is -0.141. The highest BCUT2D eigenvalue weighted by Gasteiger charge is 2.32. The van der Waals surface area contributed by atoms with E-state index >= 15 is 0 Å². The Hall–Kier alpha value is -3.55. The molecule has 8 heteroatoms. The molecule has 4 rings (SSSR count). The summed E-state index contributed by atoms with van der Waals surface area (Å²) in [6, 6.07) is 13.7. The van der Waals surface area contributed by atoms with Crippen LogP contribution in [0.1, 0.15) is 46.4 Å². The lowest BCUT2D eigenvalue weighted by Crippen LogP contribution is -2.10. The van der Waals surface area contributed by atoms with Crippen LogP contribution in [0.3, 0.4) is 0 Å². The molecule has 0 amide bonds. The SMILES string of the molecule is Cc1ccc(-c2cc(C(=O)C[C@H](C)c3ccc(C(F)(F)F)nc3)cc3nncn23)cc1. The molecular weight excluding hydrogens is 405 g/mol. The van der Waals surface area contributed by atoms with Gasteiger partial charge in [0.15, 0.2) is 11.4 Å². The highest BCUT2D eigenvalue weighted by Crippen LogP contribution is 2.30. The maximum atomic E-state index is 13.0. The lowest BCUT2D eigenvalue weighted by atomic mass is 9.93. The lowest BCUT2D eigenvalue weighted by Gasteiger charge is -2.13. The number of alkyl halides is 3. The third-order valence-electron chi connectivity index (χ3n) is 5.22. The van der Waals surface area contributed by atoms with Crippen molar-refractivity contribution in [2.24, 2.45) is 0 Å². The van der Waals surface area contributed by atoms with Crippen molar-refractivity contribution in [2.75, 3.05) is 0 Å². The summed E-state index contributed by atoms with van der Waals surface area (Å²) < 4.78 is 40.0. The summed E-state index contributed by atoms with van der Waals surface area (Å²) >= 11 is 0. The Morgan fingerprint density at radius 2 is 1.84 bits per heavy atom. The van der Waals surface area contributed by atoms with Gasteiger partial charge >= 0.3 is 6.18 Å². The number of pyridine rings is 2. The molecule has 0 aliphatic rings. The molecule has 3 heterocycles. The van der Waals surface area contributed by atoms with Gasteiger partial charge in [0.1, 0.15) is 12.0 Å². The second-order valence-corrected chi connectivity index (χ2v) is 7.56. The van der Waals surface area contributed by atoms with Gasteiger partial charge in [-0.1, -0.05) is 42.8 Å². The number of Topliss-reactive ketones (excluding diaryl/α,β-unsaturated/α-hetero) is 1. The molecule has 0 N–H and O–H groups in total. The summed E-state index contributed by atoms with van der Waals surface area (Å²) in [5, 5.41) is 8.02. The number of fused-ring (bicyclic) bond motifs is 1. The number of halogens is 3.